The van der Waals surface area contributed by atoms with E-state index in [9.17, 15) is 5.11 Å². The number of halogens is 1. The third kappa shape index (κ3) is 2.88. The maximum Gasteiger partial charge on any atom is 0.251 e. The lowest BCUT2D eigenvalue weighted by molar-refractivity contribution is 0.171. The van der Waals surface area contributed by atoms with Gasteiger partial charge >= 0.3 is 0 Å². The van der Waals surface area contributed by atoms with Crippen molar-refractivity contribution < 1.29 is 5.11 Å². The SMILES string of the molecule is OC1CSc2nnc(/N=C/c3ccc(Br)cc3)n2C1. The molecule has 0 aliphatic carbocycles. The van der Waals surface area contributed by atoms with Crippen molar-refractivity contribution in [3.05, 3.63) is 34.3 Å². The molecule has 0 fully saturated rings. The third-order valence-corrected chi connectivity index (χ3v) is 4.33. The Morgan fingerprint density at radius 3 is 2.95 bits per heavy atom. The Morgan fingerprint density at radius 1 is 1.37 bits per heavy atom. The largest absolute Gasteiger partial charge is 0.390 e. The Morgan fingerprint density at radius 2 is 2.16 bits per heavy atom. The Hall–Kier alpha value is -1.18. The van der Waals surface area contributed by atoms with Crippen LogP contribution in [0.4, 0.5) is 5.95 Å². The average molecular weight is 339 g/mol. The van der Waals surface area contributed by atoms with Crippen LogP contribution in [0.25, 0.3) is 0 Å². The van der Waals surface area contributed by atoms with Gasteiger partial charge in [-0.3, -0.25) is 4.57 Å². The predicted octanol–water partition coefficient (Wildman–Crippen LogP) is 2.26. The number of hydrogen-bond donors (Lipinski definition) is 1. The van der Waals surface area contributed by atoms with Crippen molar-refractivity contribution in [3.8, 4) is 0 Å². The third-order valence-electron chi connectivity index (χ3n) is 2.69. The first-order valence-corrected chi connectivity index (χ1v) is 7.54. The number of thioether (sulfide) groups is 1. The molecular weight excluding hydrogens is 328 g/mol. The Kier molecular flexibility index (Phi) is 3.67. The minimum atomic E-state index is -0.366. The highest BCUT2D eigenvalue weighted by atomic mass is 79.9. The zero-order chi connectivity index (χ0) is 13.2. The van der Waals surface area contributed by atoms with Crippen LogP contribution in [-0.2, 0) is 6.54 Å². The molecule has 1 unspecified atom stereocenters. The molecule has 0 saturated carbocycles. The van der Waals surface area contributed by atoms with Crippen LogP contribution >= 0.6 is 27.7 Å². The van der Waals surface area contributed by atoms with Crippen molar-refractivity contribution in [1.29, 1.82) is 0 Å². The Balaban J connectivity index is 1.84. The molecule has 1 N–H and O–H groups in total. The van der Waals surface area contributed by atoms with E-state index in [0.717, 1.165) is 15.2 Å². The van der Waals surface area contributed by atoms with Gasteiger partial charge in [-0.2, -0.15) is 0 Å². The first kappa shape index (κ1) is 12.8. The number of rotatable bonds is 2. The molecular formula is C12H11BrN4OS. The van der Waals surface area contributed by atoms with Crippen molar-refractivity contribution in [3.63, 3.8) is 0 Å². The summed E-state index contributed by atoms with van der Waals surface area (Å²) in [6.07, 6.45) is 1.38. The number of aliphatic hydroxyl groups is 1. The average Bonchev–Trinajstić information content (AvgIpc) is 2.80. The van der Waals surface area contributed by atoms with Gasteiger partial charge in [0.25, 0.3) is 5.95 Å². The standard InChI is InChI=1S/C12H11BrN4OS/c13-9-3-1-8(2-4-9)5-14-11-15-16-12-17(11)6-10(18)7-19-12/h1-5,10,18H,6-7H2/b14-5+. The fourth-order valence-electron chi connectivity index (χ4n) is 1.76. The van der Waals surface area contributed by atoms with Gasteiger partial charge in [0, 0.05) is 16.4 Å². The minimum Gasteiger partial charge on any atom is -0.390 e. The van der Waals surface area contributed by atoms with E-state index in [0.29, 0.717) is 18.2 Å². The maximum absolute atomic E-state index is 9.66. The minimum absolute atomic E-state index is 0.366. The first-order chi connectivity index (χ1) is 9.22. The summed E-state index contributed by atoms with van der Waals surface area (Å²) in [5.41, 5.74) is 0.990. The van der Waals surface area contributed by atoms with Crippen molar-refractivity contribution >= 4 is 39.9 Å². The summed E-state index contributed by atoms with van der Waals surface area (Å²) in [6, 6.07) is 7.84. The summed E-state index contributed by atoms with van der Waals surface area (Å²) in [4.78, 5) is 4.34. The molecule has 19 heavy (non-hydrogen) atoms. The summed E-state index contributed by atoms with van der Waals surface area (Å²) >= 11 is 4.89. The van der Waals surface area contributed by atoms with E-state index in [-0.39, 0.29) is 6.10 Å². The molecule has 1 aromatic carbocycles. The molecule has 98 valence electrons. The van der Waals surface area contributed by atoms with Crippen molar-refractivity contribution in [1.82, 2.24) is 14.8 Å². The molecule has 0 saturated heterocycles. The second-order valence-electron chi connectivity index (χ2n) is 4.17. The second kappa shape index (κ2) is 5.44. The number of aliphatic hydroxyl groups excluding tert-OH is 1. The lowest BCUT2D eigenvalue weighted by atomic mass is 10.2. The zero-order valence-corrected chi connectivity index (χ0v) is 12.3. The van der Waals surface area contributed by atoms with Gasteiger partial charge in [-0.1, -0.05) is 39.8 Å². The molecule has 5 nitrogen and oxygen atoms in total. The van der Waals surface area contributed by atoms with Gasteiger partial charge < -0.3 is 5.11 Å². The van der Waals surface area contributed by atoms with Crippen LogP contribution in [0.15, 0.2) is 38.9 Å². The first-order valence-electron chi connectivity index (χ1n) is 5.76. The van der Waals surface area contributed by atoms with Crippen LogP contribution in [-0.4, -0.2) is 37.9 Å². The molecule has 1 atom stereocenters. The summed E-state index contributed by atoms with van der Waals surface area (Å²) in [5, 5.41) is 18.6. The van der Waals surface area contributed by atoms with Gasteiger partial charge in [0.1, 0.15) is 0 Å². The fourth-order valence-corrected chi connectivity index (χ4v) is 2.88. The molecule has 1 aromatic heterocycles. The van der Waals surface area contributed by atoms with E-state index in [1.54, 1.807) is 6.21 Å². The lowest BCUT2D eigenvalue weighted by Crippen LogP contribution is -2.23. The number of hydrogen-bond acceptors (Lipinski definition) is 5. The molecule has 1 aliphatic rings. The highest BCUT2D eigenvalue weighted by Gasteiger charge is 2.21. The van der Waals surface area contributed by atoms with E-state index in [1.165, 1.54) is 11.8 Å². The second-order valence-corrected chi connectivity index (χ2v) is 6.07. The van der Waals surface area contributed by atoms with Gasteiger partial charge in [-0.05, 0) is 17.7 Å². The van der Waals surface area contributed by atoms with Gasteiger partial charge in [0.05, 0.1) is 12.6 Å². The molecule has 0 spiro atoms. The Bertz CT molecular complexity index is 611. The van der Waals surface area contributed by atoms with Crippen molar-refractivity contribution in [2.75, 3.05) is 5.75 Å². The summed E-state index contributed by atoms with van der Waals surface area (Å²) in [7, 11) is 0. The highest BCUT2D eigenvalue weighted by Crippen LogP contribution is 2.26. The Labute approximate surface area is 122 Å². The topological polar surface area (TPSA) is 63.3 Å². The molecule has 7 heteroatoms. The van der Waals surface area contributed by atoms with Crippen LogP contribution in [0.5, 0.6) is 0 Å². The number of benzene rings is 1. The van der Waals surface area contributed by atoms with E-state index in [4.69, 9.17) is 0 Å². The van der Waals surface area contributed by atoms with E-state index >= 15 is 0 Å². The lowest BCUT2D eigenvalue weighted by Gasteiger charge is -2.17. The van der Waals surface area contributed by atoms with Gasteiger partial charge in [0.2, 0.25) is 0 Å². The van der Waals surface area contributed by atoms with E-state index in [1.807, 2.05) is 28.8 Å². The number of aliphatic imine (C=N–C) groups is 1. The fraction of sp³-hybridized carbons (Fsp3) is 0.250. The maximum atomic E-state index is 9.66. The van der Waals surface area contributed by atoms with Crippen LogP contribution in [0.3, 0.4) is 0 Å². The summed E-state index contributed by atoms with van der Waals surface area (Å²) in [5.74, 6) is 1.19. The number of nitrogens with zero attached hydrogens (tertiary/aromatic N) is 4. The smallest absolute Gasteiger partial charge is 0.251 e. The molecule has 1 aliphatic heterocycles. The highest BCUT2D eigenvalue weighted by molar-refractivity contribution is 9.10. The predicted molar refractivity (Wildman–Crippen MR) is 78.1 cm³/mol. The van der Waals surface area contributed by atoms with Crippen LogP contribution in [0.2, 0.25) is 0 Å². The monoisotopic (exact) mass is 338 g/mol. The van der Waals surface area contributed by atoms with Gasteiger partial charge in [-0.25, -0.2) is 4.99 Å². The van der Waals surface area contributed by atoms with Crippen LogP contribution in [0.1, 0.15) is 5.56 Å². The number of fused-ring (bicyclic) bond motifs is 1. The van der Waals surface area contributed by atoms with Gasteiger partial charge in [-0.15, -0.1) is 10.2 Å². The zero-order valence-electron chi connectivity index (χ0n) is 9.90. The normalized spacial score (nSPS) is 18.7. The van der Waals surface area contributed by atoms with Crippen LogP contribution < -0.4 is 0 Å². The quantitative estimate of drug-likeness (QED) is 0.853. The molecule has 0 bridgehead atoms. The molecule has 3 rings (SSSR count). The van der Waals surface area contributed by atoms with E-state index in [2.05, 4.69) is 31.1 Å². The molecule has 0 radical (unpaired) electrons. The summed E-state index contributed by atoms with van der Waals surface area (Å²) in [6.45, 7) is 0.502. The summed E-state index contributed by atoms with van der Waals surface area (Å²) < 4.78 is 2.87. The number of aromatic nitrogens is 3. The van der Waals surface area contributed by atoms with Crippen molar-refractivity contribution in [2.45, 2.75) is 17.8 Å². The van der Waals surface area contributed by atoms with Crippen molar-refractivity contribution in [2.24, 2.45) is 4.99 Å². The molecule has 2 aromatic rings. The molecule has 0 amide bonds. The van der Waals surface area contributed by atoms with Crippen LogP contribution in [0, 0.1) is 0 Å². The van der Waals surface area contributed by atoms with Gasteiger partial charge in [0.15, 0.2) is 5.16 Å². The molecule has 2 heterocycles. The van der Waals surface area contributed by atoms with E-state index < -0.39 is 0 Å².